The molecule has 0 aliphatic heterocycles. The van der Waals surface area contributed by atoms with E-state index in [0.717, 1.165) is 18.4 Å². The maximum Gasteiger partial charge on any atom is 0.115 e. The van der Waals surface area contributed by atoms with Crippen LogP contribution in [0.4, 0.5) is 0 Å². The summed E-state index contributed by atoms with van der Waals surface area (Å²) in [5, 5.41) is 19.1. The first kappa shape index (κ1) is 12.1. The molecule has 2 N–H and O–H groups in total. The van der Waals surface area contributed by atoms with Crippen LogP contribution in [0, 0.1) is 5.92 Å². The Morgan fingerprint density at radius 2 is 1.60 bits per heavy atom. The van der Waals surface area contributed by atoms with E-state index in [1.807, 2.05) is 12.1 Å². The van der Waals surface area contributed by atoms with Crippen molar-refractivity contribution in [2.75, 3.05) is 0 Å². The lowest BCUT2D eigenvalue weighted by Gasteiger charge is -2.19. The minimum Gasteiger partial charge on any atom is -0.508 e. The highest BCUT2D eigenvalue weighted by Crippen LogP contribution is 2.18. The van der Waals surface area contributed by atoms with Crippen LogP contribution in [0.1, 0.15) is 32.3 Å². The van der Waals surface area contributed by atoms with Gasteiger partial charge in [-0.25, -0.2) is 0 Å². The zero-order valence-corrected chi connectivity index (χ0v) is 9.48. The van der Waals surface area contributed by atoms with Crippen LogP contribution >= 0.6 is 0 Å². The molecule has 0 amide bonds. The van der Waals surface area contributed by atoms with Gasteiger partial charge in [-0.2, -0.15) is 0 Å². The summed E-state index contributed by atoms with van der Waals surface area (Å²) in [6.07, 6.45) is 2.42. The first-order valence-corrected chi connectivity index (χ1v) is 5.63. The lowest BCUT2D eigenvalue weighted by Crippen LogP contribution is -2.21. The number of phenolic OH excluding ortho intramolecular Hbond substituents is 1. The van der Waals surface area contributed by atoms with E-state index in [4.69, 9.17) is 5.11 Å². The molecule has 0 fully saturated rings. The molecular formula is C13H20O2. The van der Waals surface area contributed by atoms with Gasteiger partial charge in [-0.3, -0.25) is 0 Å². The summed E-state index contributed by atoms with van der Waals surface area (Å²) in [7, 11) is 0. The monoisotopic (exact) mass is 208 g/mol. The molecule has 0 aromatic heterocycles. The van der Waals surface area contributed by atoms with Crippen LogP contribution in [0.2, 0.25) is 0 Å². The number of rotatable bonds is 5. The zero-order chi connectivity index (χ0) is 11.3. The molecule has 1 atom stereocenters. The van der Waals surface area contributed by atoms with Gasteiger partial charge in [-0.05, 0) is 30.0 Å². The highest BCUT2D eigenvalue weighted by Gasteiger charge is 2.15. The normalized spacial score (nSPS) is 13.1. The summed E-state index contributed by atoms with van der Waals surface area (Å²) in [6, 6.07) is 7.05. The first-order valence-electron chi connectivity index (χ1n) is 5.63. The second kappa shape index (κ2) is 5.76. The van der Waals surface area contributed by atoms with Gasteiger partial charge in [0.15, 0.2) is 0 Å². The van der Waals surface area contributed by atoms with E-state index in [0.29, 0.717) is 12.3 Å². The number of aliphatic hydroxyl groups excluding tert-OH is 1. The Morgan fingerprint density at radius 1 is 1.07 bits per heavy atom. The molecule has 0 radical (unpaired) electrons. The van der Waals surface area contributed by atoms with Crippen molar-refractivity contribution in [2.45, 2.75) is 39.2 Å². The molecule has 0 saturated carbocycles. The standard InChI is InChI=1S/C13H20O2/c1-3-11(4-2)13(15)9-10-5-7-12(14)8-6-10/h5-8,11,13-15H,3-4,9H2,1-2H3. The summed E-state index contributed by atoms with van der Waals surface area (Å²) in [5.74, 6) is 0.648. The highest BCUT2D eigenvalue weighted by atomic mass is 16.3. The third kappa shape index (κ3) is 3.56. The van der Waals surface area contributed by atoms with Crippen LogP contribution in [0.25, 0.3) is 0 Å². The third-order valence-corrected chi connectivity index (χ3v) is 2.97. The minimum atomic E-state index is -0.274. The molecule has 0 saturated heterocycles. The zero-order valence-electron chi connectivity index (χ0n) is 9.48. The van der Waals surface area contributed by atoms with Gasteiger partial charge in [0.2, 0.25) is 0 Å². The quantitative estimate of drug-likeness (QED) is 0.781. The van der Waals surface area contributed by atoms with Gasteiger partial charge in [0, 0.05) is 0 Å². The summed E-state index contributed by atoms with van der Waals surface area (Å²) >= 11 is 0. The van der Waals surface area contributed by atoms with Crippen LogP contribution in [-0.2, 0) is 6.42 Å². The molecule has 0 heterocycles. The first-order chi connectivity index (χ1) is 7.17. The number of phenols is 1. The van der Waals surface area contributed by atoms with Gasteiger partial charge in [-0.15, -0.1) is 0 Å². The summed E-state index contributed by atoms with van der Waals surface area (Å²) in [6.45, 7) is 4.21. The second-order valence-electron chi connectivity index (χ2n) is 4.01. The number of aliphatic hydroxyl groups is 1. The summed E-state index contributed by atoms with van der Waals surface area (Å²) < 4.78 is 0. The number of benzene rings is 1. The Kier molecular flexibility index (Phi) is 4.63. The van der Waals surface area contributed by atoms with E-state index in [2.05, 4.69) is 13.8 Å². The lowest BCUT2D eigenvalue weighted by molar-refractivity contribution is 0.103. The van der Waals surface area contributed by atoms with Gasteiger partial charge in [0.25, 0.3) is 0 Å². The van der Waals surface area contributed by atoms with Crippen molar-refractivity contribution in [3.63, 3.8) is 0 Å². The maximum atomic E-state index is 9.97. The van der Waals surface area contributed by atoms with E-state index < -0.39 is 0 Å². The van der Waals surface area contributed by atoms with E-state index in [1.54, 1.807) is 12.1 Å². The van der Waals surface area contributed by atoms with Crippen molar-refractivity contribution in [2.24, 2.45) is 5.92 Å². The summed E-state index contributed by atoms with van der Waals surface area (Å²) in [5.41, 5.74) is 1.08. The predicted molar refractivity (Wildman–Crippen MR) is 61.9 cm³/mol. The van der Waals surface area contributed by atoms with Crippen molar-refractivity contribution < 1.29 is 10.2 Å². The lowest BCUT2D eigenvalue weighted by atomic mass is 9.92. The summed E-state index contributed by atoms with van der Waals surface area (Å²) in [4.78, 5) is 0. The average molecular weight is 208 g/mol. The van der Waals surface area contributed by atoms with Crippen LogP contribution in [0.3, 0.4) is 0 Å². The van der Waals surface area contributed by atoms with Crippen molar-refractivity contribution >= 4 is 0 Å². The Hall–Kier alpha value is -1.02. The van der Waals surface area contributed by atoms with Gasteiger partial charge >= 0.3 is 0 Å². The van der Waals surface area contributed by atoms with Crippen LogP contribution in [-0.4, -0.2) is 16.3 Å². The van der Waals surface area contributed by atoms with Crippen LogP contribution in [0.15, 0.2) is 24.3 Å². The molecule has 0 spiro atoms. The molecule has 0 aliphatic rings. The maximum absolute atomic E-state index is 9.97. The average Bonchev–Trinajstić information content (AvgIpc) is 2.23. The van der Waals surface area contributed by atoms with Crippen LogP contribution < -0.4 is 0 Å². The molecule has 84 valence electrons. The third-order valence-electron chi connectivity index (χ3n) is 2.97. The highest BCUT2D eigenvalue weighted by molar-refractivity contribution is 5.26. The molecule has 2 heteroatoms. The van der Waals surface area contributed by atoms with Crippen molar-refractivity contribution in [1.82, 2.24) is 0 Å². The SMILES string of the molecule is CCC(CC)C(O)Cc1ccc(O)cc1. The Bertz CT molecular complexity index is 275. The van der Waals surface area contributed by atoms with Crippen molar-refractivity contribution in [1.29, 1.82) is 0 Å². The molecule has 15 heavy (non-hydrogen) atoms. The van der Waals surface area contributed by atoms with Gasteiger partial charge < -0.3 is 10.2 Å². The van der Waals surface area contributed by atoms with Crippen molar-refractivity contribution in [3.8, 4) is 5.75 Å². The Labute approximate surface area is 91.6 Å². The fourth-order valence-corrected chi connectivity index (χ4v) is 1.87. The fraction of sp³-hybridized carbons (Fsp3) is 0.538. The van der Waals surface area contributed by atoms with E-state index in [9.17, 15) is 5.11 Å². The van der Waals surface area contributed by atoms with Gasteiger partial charge in [0.1, 0.15) is 5.75 Å². The molecule has 0 bridgehead atoms. The molecule has 1 aromatic carbocycles. The van der Waals surface area contributed by atoms with Crippen molar-refractivity contribution in [3.05, 3.63) is 29.8 Å². The Balaban J connectivity index is 2.57. The molecule has 2 nitrogen and oxygen atoms in total. The topological polar surface area (TPSA) is 40.5 Å². The van der Waals surface area contributed by atoms with Crippen LogP contribution in [0.5, 0.6) is 5.75 Å². The molecule has 1 unspecified atom stereocenters. The van der Waals surface area contributed by atoms with E-state index >= 15 is 0 Å². The number of hydrogen-bond donors (Lipinski definition) is 2. The largest absolute Gasteiger partial charge is 0.508 e. The van der Waals surface area contributed by atoms with E-state index in [-0.39, 0.29) is 11.9 Å². The number of hydrogen-bond acceptors (Lipinski definition) is 2. The minimum absolute atomic E-state index is 0.274. The van der Waals surface area contributed by atoms with Gasteiger partial charge in [0.05, 0.1) is 6.10 Å². The Morgan fingerprint density at radius 3 is 2.07 bits per heavy atom. The molecule has 1 rings (SSSR count). The molecular weight excluding hydrogens is 188 g/mol. The fourth-order valence-electron chi connectivity index (χ4n) is 1.87. The number of aromatic hydroxyl groups is 1. The predicted octanol–water partition coefficient (Wildman–Crippen LogP) is 2.73. The second-order valence-corrected chi connectivity index (χ2v) is 4.01. The van der Waals surface area contributed by atoms with E-state index in [1.165, 1.54) is 0 Å². The van der Waals surface area contributed by atoms with Gasteiger partial charge in [-0.1, -0.05) is 38.8 Å². The molecule has 1 aromatic rings. The molecule has 0 aliphatic carbocycles. The smallest absolute Gasteiger partial charge is 0.115 e.